The van der Waals surface area contributed by atoms with E-state index in [0.717, 1.165) is 12.1 Å². The first-order valence-corrected chi connectivity index (χ1v) is 12.5. The second-order valence-corrected chi connectivity index (χ2v) is 11.7. The number of pyridine rings is 1. The maximum atomic E-state index is 14.2. The average molecular weight is 518 g/mol. The van der Waals surface area contributed by atoms with Gasteiger partial charge in [0.25, 0.3) is 0 Å². The Kier molecular flexibility index (Phi) is 6.95. The summed E-state index contributed by atoms with van der Waals surface area (Å²) in [6.07, 6.45) is -5.32. The van der Waals surface area contributed by atoms with Gasteiger partial charge in [0, 0.05) is 18.0 Å². The van der Waals surface area contributed by atoms with Crippen LogP contribution in [0.5, 0.6) is 0 Å². The van der Waals surface area contributed by atoms with Gasteiger partial charge >= 0.3 is 6.18 Å². The molecule has 1 unspecified atom stereocenters. The number of hydrogen-bond acceptors (Lipinski definition) is 6. The van der Waals surface area contributed by atoms with Gasteiger partial charge in [-0.2, -0.15) is 13.2 Å². The number of halogens is 4. The monoisotopic (exact) mass is 517 g/mol. The topological polar surface area (TPSA) is 122 Å². The van der Waals surface area contributed by atoms with Crippen LogP contribution in [0, 0.1) is 5.82 Å². The number of alkyl halides is 3. The summed E-state index contributed by atoms with van der Waals surface area (Å²) in [5.74, 6) is -1.94. The van der Waals surface area contributed by atoms with Gasteiger partial charge < -0.3 is 16.2 Å². The highest BCUT2D eigenvalue weighted by Gasteiger charge is 2.57. The van der Waals surface area contributed by atoms with Gasteiger partial charge in [-0.3, -0.25) is 4.79 Å². The summed E-state index contributed by atoms with van der Waals surface area (Å²) in [5, 5.41) is 13.6. The van der Waals surface area contributed by atoms with Gasteiger partial charge in [-0.1, -0.05) is 26.8 Å². The zero-order chi connectivity index (χ0) is 26.4. The highest BCUT2D eigenvalue weighted by molar-refractivity contribution is 7.91. The number of sulfone groups is 1. The van der Waals surface area contributed by atoms with E-state index >= 15 is 0 Å². The quantitative estimate of drug-likeness (QED) is 0.461. The van der Waals surface area contributed by atoms with E-state index in [0.29, 0.717) is 11.3 Å². The molecule has 0 bridgehead atoms. The minimum Gasteiger partial charge on any atom is -0.380 e. The lowest BCUT2D eigenvalue weighted by Gasteiger charge is -2.39. The van der Waals surface area contributed by atoms with Crippen molar-refractivity contribution in [1.82, 2.24) is 4.98 Å². The van der Waals surface area contributed by atoms with Crippen molar-refractivity contribution in [2.45, 2.75) is 68.3 Å². The SMILES string of the molecule is CCS(=O)(=O)c1cc2c(cn1)NC(C[C@](O)(CC(C)(C)c1ccc(F)cc1C(N)=O)C(F)(F)F)C2. The fourth-order valence-corrected chi connectivity index (χ4v) is 5.42. The number of fused-ring (bicyclic) bond motifs is 1. The van der Waals surface area contributed by atoms with E-state index in [1.54, 1.807) is 0 Å². The van der Waals surface area contributed by atoms with Crippen LogP contribution in [0.4, 0.5) is 23.2 Å². The number of carbonyl (C=O) groups excluding carboxylic acids is 1. The Morgan fingerprint density at radius 3 is 2.49 bits per heavy atom. The number of carbonyl (C=O) groups is 1. The molecule has 1 aromatic carbocycles. The second kappa shape index (κ2) is 9.05. The van der Waals surface area contributed by atoms with Crippen LogP contribution in [0.25, 0.3) is 0 Å². The second-order valence-electron chi connectivity index (χ2n) is 9.48. The highest BCUT2D eigenvalue weighted by atomic mass is 32.2. The number of rotatable bonds is 8. The van der Waals surface area contributed by atoms with Crippen molar-refractivity contribution in [2.75, 3.05) is 11.1 Å². The van der Waals surface area contributed by atoms with E-state index in [-0.39, 0.29) is 28.3 Å². The summed E-state index contributed by atoms with van der Waals surface area (Å²) >= 11 is 0. The third-order valence-corrected chi connectivity index (χ3v) is 7.93. The fourth-order valence-electron chi connectivity index (χ4n) is 4.58. The van der Waals surface area contributed by atoms with Gasteiger partial charge in [0.05, 0.1) is 17.6 Å². The van der Waals surface area contributed by atoms with Crippen molar-refractivity contribution in [3.8, 4) is 0 Å². The van der Waals surface area contributed by atoms with Crippen LogP contribution in [-0.2, 0) is 21.7 Å². The Balaban J connectivity index is 1.90. The molecule has 0 saturated carbocycles. The fraction of sp³-hybridized carbons (Fsp3) is 0.478. The Labute approximate surface area is 200 Å². The molecule has 0 aliphatic carbocycles. The molecular formula is C23H27F4N3O4S. The lowest BCUT2D eigenvalue weighted by Crippen LogP contribution is -2.52. The molecule has 2 aromatic rings. The molecule has 0 spiro atoms. The van der Waals surface area contributed by atoms with Gasteiger partial charge in [-0.25, -0.2) is 17.8 Å². The normalized spacial score (nSPS) is 18.0. The molecule has 192 valence electrons. The third kappa shape index (κ3) is 5.43. The molecule has 1 aliphatic rings. The van der Waals surface area contributed by atoms with Crippen molar-refractivity contribution in [3.63, 3.8) is 0 Å². The molecule has 2 heterocycles. The summed E-state index contributed by atoms with van der Waals surface area (Å²) in [6.45, 7) is 4.28. The standard InChI is InChI=1S/C23H27F4N3O4S/c1-4-35(33,34)19-8-13-7-15(30-18(13)11-29-19)10-22(32,23(25,26)27)12-21(2,3)17-6-5-14(24)9-16(17)20(28)31/h5-6,8-9,11,15,30,32H,4,7,10,12H2,1-3H3,(H2,28,31)/t15?,22-/m0/s1. The van der Waals surface area contributed by atoms with E-state index < -0.39 is 57.6 Å². The van der Waals surface area contributed by atoms with Crippen molar-refractivity contribution in [1.29, 1.82) is 0 Å². The van der Waals surface area contributed by atoms with Crippen LogP contribution >= 0.6 is 0 Å². The number of aliphatic hydroxyl groups is 1. The average Bonchev–Trinajstić information content (AvgIpc) is 3.13. The molecule has 7 nitrogen and oxygen atoms in total. The number of aromatic nitrogens is 1. The smallest absolute Gasteiger partial charge is 0.380 e. The van der Waals surface area contributed by atoms with Crippen molar-refractivity contribution >= 4 is 21.4 Å². The summed E-state index contributed by atoms with van der Waals surface area (Å²) in [6, 6.07) is 3.53. The third-order valence-electron chi connectivity index (χ3n) is 6.31. The lowest BCUT2D eigenvalue weighted by molar-refractivity contribution is -0.270. The van der Waals surface area contributed by atoms with E-state index in [2.05, 4.69) is 10.3 Å². The first kappa shape index (κ1) is 26.9. The van der Waals surface area contributed by atoms with Crippen LogP contribution < -0.4 is 11.1 Å². The first-order chi connectivity index (χ1) is 16.0. The van der Waals surface area contributed by atoms with Gasteiger partial charge in [0.2, 0.25) is 5.91 Å². The van der Waals surface area contributed by atoms with E-state index in [4.69, 9.17) is 5.73 Å². The van der Waals surface area contributed by atoms with Crippen LogP contribution in [0.15, 0.2) is 35.5 Å². The molecule has 1 amide bonds. The molecule has 0 saturated heterocycles. The highest BCUT2D eigenvalue weighted by Crippen LogP contribution is 2.45. The maximum absolute atomic E-state index is 14.2. The predicted molar refractivity (Wildman–Crippen MR) is 121 cm³/mol. The molecule has 1 aliphatic heterocycles. The minimum absolute atomic E-state index is 0.0476. The van der Waals surface area contributed by atoms with Gasteiger partial charge in [0.1, 0.15) is 5.82 Å². The van der Waals surface area contributed by atoms with Crippen LogP contribution in [0.2, 0.25) is 0 Å². The summed E-state index contributed by atoms with van der Waals surface area (Å²) in [5.41, 5.74) is 1.40. The van der Waals surface area contributed by atoms with E-state index in [1.807, 2.05) is 0 Å². The van der Waals surface area contributed by atoms with Gasteiger partial charge in [-0.05, 0) is 47.6 Å². The lowest BCUT2D eigenvalue weighted by atomic mass is 9.71. The largest absolute Gasteiger partial charge is 0.417 e. The Bertz CT molecular complexity index is 1250. The van der Waals surface area contributed by atoms with Crippen molar-refractivity contribution in [2.24, 2.45) is 5.73 Å². The number of benzene rings is 1. The van der Waals surface area contributed by atoms with E-state index in [1.165, 1.54) is 39.1 Å². The number of nitrogens with one attached hydrogen (secondary N) is 1. The minimum atomic E-state index is -5.04. The number of amides is 1. The Morgan fingerprint density at radius 1 is 1.26 bits per heavy atom. The molecule has 0 fully saturated rings. The number of anilines is 1. The number of nitrogens with two attached hydrogens (primary N) is 1. The van der Waals surface area contributed by atoms with Crippen LogP contribution in [0.3, 0.4) is 0 Å². The van der Waals surface area contributed by atoms with Crippen molar-refractivity contribution < 1.29 is 35.9 Å². The van der Waals surface area contributed by atoms with Crippen molar-refractivity contribution in [3.05, 3.63) is 53.0 Å². The Hall–Kier alpha value is -2.73. The molecule has 4 N–H and O–H groups in total. The summed E-state index contributed by atoms with van der Waals surface area (Å²) in [4.78, 5) is 15.7. The predicted octanol–water partition coefficient (Wildman–Crippen LogP) is 3.50. The summed E-state index contributed by atoms with van der Waals surface area (Å²) < 4.78 is 80.5. The van der Waals surface area contributed by atoms with E-state index in [9.17, 15) is 35.9 Å². The first-order valence-electron chi connectivity index (χ1n) is 10.9. The number of nitrogens with zero attached hydrogens (tertiary/aromatic N) is 1. The van der Waals surface area contributed by atoms with Gasteiger partial charge in [-0.15, -0.1) is 0 Å². The summed E-state index contributed by atoms with van der Waals surface area (Å²) in [7, 11) is -3.60. The molecule has 1 aromatic heterocycles. The van der Waals surface area contributed by atoms with Gasteiger partial charge in [0.15, 0.2) is 20.5 Å². The molecule has 2 atom stereocenters. The van der Waals surface area contributed by atoms with Crippen LogP contribution in [0.1, 0.15) is 55.1 Å². The molecular weight excluding hydrogens is 490 g/mol. The molecule has 35 heavy (non-hydrogen) atoms. The number of primary amides is 1. The Morgan fingerprint density at radius 2 is 1.91 bits per heavy atom. The molecule has 3 rings (SSSR count). The maximum Gasteiger partial charge on any atom is 0.417 e. The zero-order valence-electron chi connectivity index (χ0n) is 19.4. The molecule has 12 heteroatoms. The zero-order valence-corrected chi connectivity index (χ0v) is 20.2. The number of hydrogen-bond donors (Lipinski definition) is 3. The van der Waals surface area contributed by atoms with Crippen LogP contribution in [-0.4, -0.2) is 48.0 Å². The molecule has 0 radical (unpaired) electrons.